The van der Waals surface area contributed by atoms with Crippen molar-refractivity contribution < 1.29 is 5.11 Å². The predicted molar refractivity (Wildman–Crippen MR) is 97.8 cm³/mol. The Balaban J connectivity index is 2.77. The molecule has 1 heterocycles. The van der Waals surface area contributed by atoms with Crippen LogP contribution in [0.25, 0.3) is 0 Å². The van der Waals surface area contributed by atoms with Gasteiger partial charge in [-0.3, -0.25) is 4.90 Å². The van der Waals surface area contributed by atoms with Crippen molar-refractivity contribution in [3.05, 3.63) is 11.3 Å². The summed E-state index contributed by atoms with van der Waals surface area (Å²) in [5.74, 6) is 0.379. The first kappa shape index (κ1) is 19.9. The lowest BCUT2D eigenvalue weighted by atomic mass is 10.0. The van der Waals surface area contributed by atoms with Crippen LogP contribution < -0.4 is 16.5 Å². The van der Waals surface area contributed by atoms with Gasteiger partial charge in [0.05, 0.1) is 11.5 Å². The van der Waals surface area contributed by atoms with E-state index < -0.39 is 0 Å². The van der Waals surface area contributed by atoms with E-state index in [9.17, 15) is 5.11 Å². The van der Waals surface area contributed by atoms with E-state index in [4.69, 9.17) is 5.73 Å². The lowest BCUT2D eigenvalue weighted by Crippen LogP contribution is -2.47. The molecule has 1 aliphatic heterocycles. The average Bonchev–Trinajstić information content (AvgIpc) is 2.90. The summed E-state index contributed by atoms with van der Waals surface area (Å²) in [6, 6.07) is 1.15. The Morgan fingerprint density at radius 3 is 2.52 bits per heavy atom. The zero-order valence-electron chi connectivity index (χ0n) is 15.6. The molecule has 0 aromatic carbocycles. The summed E-state index contributed by atoms with van der Waals surface area (Å²) < 4.78 is 0. The van der Waals surface area contributed by atoms with Crippen molar-refractivity contribution in [3.63, 3.8) is 0 Å². The van der Waals surface area contributed by atoms with Crippen molar-refractivity contribution in [1.29, 1.82) is 0 Å². The first-order valence-corrected chi connectivity index (χ1v) is 8.62. The third-order valence-corrected chi connectivity index (χ3v) is 4.52. The van der Waals surface area contributed by atoms with Gasteiger partial charge >= 0.3 is 0 Å². The molecule has 134 valence electrons. The molecule has 23 heavy (non-hydrogen) atoms. The Labute approximate surface area is 141 Å². The molecule has 0 spiro atoms. The normalized spacial score (nSPS) is 23.8. The smallest absolute Gasteiger partial charge is 0.0986 e. The van der Waals surface area contributed by atoms with E-state index >= 15 is 0 Å². The lowest BCUT2D eigenvalue weighted by Gasteiger charge is -2.31. The standard InChI is InChI=1S/C17H35N5O/c1-11(2)20-15-7-8-22(10-15)16(13(4)18)9-17(23)12(3)14(5)21-19-6/h11,13,15-16,19-20,23H,7-10,18H2,1-6H3/b17-12+,21-14+/t13-,15?,16?/m0/s1. The maximum absolute atomic E-state index is 10.5. The average molecular weight is 326 g/mol. The predicted octanol–water partition coefficient (Wildman–Crippen LogP) is 1.59. The molecule has 0 aromatic rings. The Kier molecular flexibility index (Phi) is 8.02. The summed E-state index contributed by atoms with van der Waals surface area (Å²) in [6.07, 6.45) is 1.69. The maximum atomic E-state index is 10.5. The van der Waals surface area contributed by atoms with Crippen molar-refractivity contribution in [2.45, 2.75) is 71.6 Å². The van der Waals surface area contributed by atoms with Crippen LogP contribution in [0.15, 0.2) is 16.4 Å². The fraction of sp³-hybridized carbons (Fsp3) is 0.824. The number of hydrogen-bond acceptors (Lipinski definition) is 6. The number of hydrazone groups is 1. The van der Waals surface area contributed by atoms with Gasteiger partial charge in [0.1, 0.15) is 0 Å². The molecule has 5 N–H and O–H groups in total. The number of nitrogens with zero attached hydrogens (tertiary/aromatic N) is 2. The zero-order chi connectivity index (χ0) is 17.6. The number of hydrogen-bond donors (Lipinski definition) is 4. The second kappa shape index (κ2) is 9.25. The third kappa shape index (κ3) is 6.12. The van der Waals surface area contributed by atoms with E-state index in [1.54, 1.807) is 7.05 Å². The molecule has 3 atom stereocenters. The van der Waals surface area contributed by atoms with Crippen molar-refractivity contribution in [3.8, 4) is 0 Å². The lowest BCUT2D eigenvalue weighted by molar-refractivity contribution is 0.190. The SMILES string of the molecule is CN/N=C(C)/C(C)=C(/O)CC([C@H](C)N)N1CCC(NC(C)C)C1. The van der Waals surface area contributed by atoms with E-state index in [1.807, 2.05) is 20.8 Å². The van der Waals surface area contributed by atoms with Crippen LogP contribution in [0.4, 0.5) is 0 Å². The molecule has 1 saturated heterocycles. The molecular weight excluding hydrogens is 290 g/mol. The number of allylic oxidation sites excluding steroid dienone is 1. The second-order valence-corrected chi connectivity index (χ2v) is 6.93. The highest BCUT2D eigenvalue weighted by atomic mass is 16.3. The van der Waals surface area contributed by atoms with Crippen LogP contribution in [0, 0.1) is 0 Å². The highest BCUT2D eigenvalue weighted by Gasteiger charge is 2.31. The molecule has 0 amide bonds. The number of nitrogens with two attached hydrogens (primary N) is 1. The number of aliphatic hydroxyl groups is 1. The monoisotopic (exact) mass is 325 g/mol. The Morgan fingerprint density at radius 1 is 1.35 bits per heavy atom. The van der Waals surface area contributed by atoms with Crippen LogP contribution in [0.1, 0.15) is 47.5 Å². The molecule has 0 radical (unpaired) electrons. The van der Waals surface area contributed by atoms with Gasteiger partial charge in [-0.15, -0.1) is 0 Å². The molecule has 1 rings (SSSR count). The molecule has 0 saturated carbocycles. The Bertz CT molecular complexity index is 431. The van der Waals surface area contributed by atoms with Crippen LogP contribution in [0.3, 0.4) is 0 Å². The van der Waals surface area contributed by atoms with Gasteiger partial charge < -0.3 is 21.6 Å². The summed E-state index contributed by atoms with van der Waals surface area (Å²) >= 11 is 0. The van der Waals surface area contributed by atoms with Gasteiger partial charge in [-0.05, 0) is 27.2 Å². The summed E-state index contributed by atoms with van der Waals surface area (Å²) in [6.45, 7) is 12.2. The van der Waals surface area contributed by atoms with Crippen molar-refractivity contribution >= 4 is 5.71 Å². The van der Waals surface area contributed by atoms with Gasteiger partial charge in [-0.25, -0.2) is 0 Å². The van der Waals surface area contributed by atoms with Crippen LogP contribution in [-0.4, -0.2) is 60.0 Å². The first-order chi connectivity index (χ1) is 10.8. The topological polar surface area (TPSA) is 85.9 Å². The van der Waals surface area contributed by atoms with E-state index in [0.717, 1.165) is 30.8 Å². The molecule has 6 heteroatoms. The Hall–Kier alpha value is -1.11. The minimum absolute atomic E-state index is 0.00398. The molecular formula is C17H35N5O. The van der Waals surface area contributed by atoms with E-state index in [2.05, 4.69) is 34.6 Å². The molecule has 0 aromatic heterocycles. The fourth-order valence-electron chi connectivity index (χ4n) is 3.16. The fourth-order valence-corrected chi connectivity index (χ4v) is 3.16. The van der Waals surface area contributed by atoms with Gasteiger partial charge in [0.15, 0.2) is 0 Å². The molecule has 2 unspecified atom stereocenters. The highest BCUT2D eigenvalue weighted by molar-refractivity contribution is 5.97. The highest BCUT2D eigenvalue weighted by Crippen LogP contribution is 2.21. The minimum Gasteiger partial charge on any atom is -0.512 e. The Morgan fingerprint density at radius 2 is 2.00 bits per heavy atom. The van der Waals surface area contributed by atoms with Crippen LogP contribution in [0.5, 0.6) is 0 Å². The van der Waals surface area contributed by atoms with Gasteiger partial charge in [0.25, 0.3) is 0 Å². The van der Waals surface area contributed by atoms with Gasteiger partial charge in [-0.2, -0.15) is 5.10 Å². The number of likely N-dealkylation sites (tertiary alicyclic amines) is 1. The minimum atomic E-state index is 0.00398. The quantitative estimate of drug-likeness (QED) is 0.309. The van der Waals surface area contributed by atoms with Gasteiger partial charge in [0.2, 0.25) is 0 Å². The molecule has 0 bridgehead atoms. The van der Waals surface area contributed by atoms with Gasteiger partial charge in [-0.1, -0.05) is 13.8 Å². The summed E-state index contributed by atoms with van der Waals surface area (Å²) in [7, 11) is 1.75. The zero-order valence-corrected chi connectivity index (χ0v) is 15.6. The maximum Gasteiger partial charge on any atom is 0.0986 e. The van der Waals surface area contributed by atoms with Crippen molar-refractivity contribution in [2.75, 3.05) is 20.1 Å². The van der Waals surface area contributed by atoms with Crippen LogP contribution in [0.2, 0.25) is 0 Å². The summed E-state index contributed by atoms with van der Waals surface area (Å²) in [5.41, 5.74) is 10.6. The third-order valence-electron chi connectivity index (χ3n) is 4.52. The van der Waals surface area contributed by atoms with Crippen LogP contribution >= 0.6 is 0 Å². The van der Waals surface area contributed by atoms with Crippen LogP contribution in [-0.2, 0) is 0 Å². The largest absolute Gasteiger partial charge is 0.512 e. The van der Waals surface area contributed by atoms with Crippen molar-refractivity contribution in [2.24, 2.45) is 10.8 Å². The number of nitrogens with one attached hydrogen (secondary N) is 2. The summed E-state index contributed by atoms with van der Waals surface area (Å²) in [5, 5.41) is 18.2. The van der Waals surface area contributed by atoms with Crippen molar-refractivity contribution in [1.82, 2.24) is 15.6 Å². The number of aliphatic hydroxyl groups excluding tert-OH is 1. The molecule has 1 fully saturated rings. The summed E-state index contributed by atoms with van der Waals surface area (Å²) in [4.78, 5) is 2.40. The van der Waals surface area contributed by atoms with E-state index in [1.165, 1.54) is 0 Å². The molecule has 1 aliphatic rings. The molecule has 0 aliphatic carbocycles. The van der Waals surface area contributed by atoms with Gasteiger partial charge in [0, 0.05) is 56.3 Å². The van der Waals surface area contributed by atoms with E-state index in [0.29, 0.717) is 24.3 Å². The van der Waals surface area contributed by atoms with E-state index in [-0.39, 0.29) is 12.1 Å². The number of rotatable bonds is 8. The first-order valence-electron chi connectivity index (χ1n) is 8.62. The molecule has 6 nitrogen and oxygen atoms in total. The second-order valence-electron chi connectivity index (χ2n) is 6.93.